The Morgan fingerprint density at radius 3 is 1.30 bits per heavy atom. The van der Waals surface area contributed by atoms with E-state index < -0.39 is 0 Å². The maximum absolute atomic E-state index is 5.18. The predicted octanol–water partition coefficient (Wildman–Crippen LogP) is 12.2. The molecule has 0 aliphatic heterocycles. The molecule has 0 N–H and O–H groups in total. The topological polar surface area (TPSA) is 38.7 Å². The van der Waals surface area contributed by atoms with Crippen LogP contribution in [-0.2, 0) is 0 Å². The van der Waals surface area contributed by atoms with Crippen LogP contribution in [0.4, 0.5) is 0 Å². The van der Waals surface area contributed by atoms with E-state index in [2.05, 4.69) is 170 Å². The molecule has 0 radical (unpaired) electrons. The van der Waals surface area contributed by atoms with Gasteiger partial charge in [0.05, 0.1) is 0 Å². The molecule has 0 saturated heterocycles. The second kappa shape index (κ2) is 12.7. The molecule has 50 heavy (non-hydrogen) atoms. The summed E-state index contributed by atoms with van der Waals surface area (Å²) < 4.78 is 0. The van der Waals surface area contributed by atoms with Crippen LogP contribution in [-0.4, -0.2) is 15.0 Å². The molecule has 3 nitrogen and oxygen atoms in total. The third-order valence-electron chi connectivity index (χ3n) is 9.27. The Morgan fingerprint density at radius 2 is 0.660 bits per heavy atom. The second-order valence-electron chi connectivity index (χ2n) is 12.5. The van der Waals surface area contributed by atoms with Crippen molar-refractivity contribution in [3.63, 3.8) is 0 Å². The molecular formula is C47H31N3. The number of hydrogen-bond donors (Lipinski definition) is 0. The van der Waals surface area contributed by atoms with Crippen LogP contribution in [0.1, 0.15) is 0 Å². The fraction of sp³-hybridized carbons (Fsp3) is 0. The summed E-state index contributed by atoms with van der Waals surface area (Å²) in [6.45, 7) is 0. The van der Waals surface area contributed by atoms with E-state index in [0.29, 0.717) is 17.5 Å². The zero-order valence-corrected chi connectivity index (χ0v) is 27.2. The largest absolute Gasteiger partial charge is 0.208 e. The first-order valence-electron chi connectivity index (χ1n) is 16.9. The zero-order valence-electron chi connectivity index (χ0n) is 27.2. The van der Waals surface area contributed by atoms with E-state index in [9.17, 15) is 0 Å². The predicted molar refractivity (Wildman–Crippen MR) is 207 cm³/mol. The molecule has 0 fully saturated rings. The fourth-order valence-corrected chi connectivity index (χ4v) is 6.82. The first kappa shape index (κ1) is 29.4. The van der Waals surface area contributed by atoms with Gasteiger partial charge in [-0.15, -0.1) is 0 Å². The third kappa shape index (κ3) is 5.61. The van der Waals surface area contributed by atoms with E-state index in [1.54, 1.807) is 0 Å². The van der Waals surface area contributed by atoms with Crippen molar-refractivity contribution < 1.29 is 0 Å². The highest BCUT2D eigenvalue weighted by Crippen LogP contribution is 2.37. The van der Waals surface area contributed by atoms with Crippen LogP contribution in [0.2, 0.25) is 0 Å². The van der Waals surface area contributed by atoms with E-state index in [1.807, 2.05) is 18.2 Å². The van der Waals surface area contributed by atoms with Crippen LogP contribution in [0, 0.1) is 0 Å². The SMILES string of the molecule is c1ccc(-c2cc(-c3cccc(-c4nc(-c5ccccc5)nc(-c5cc(-c6ccccc6)c6ccccc6c5)n4)c3)c3ccccc3c2)cc1. The Labute approximate surface area is 291 Å². The van der Waals surface area contributed by atoms with Crippen LogP contribution in [0.15, 0.2) is 188 Å². The highest BCUT2D eigenvalue weighted by atomic mass is 15.0. The van der Waals surface area contributed by atoms with E-state index in [0.717, 1.165) is 38.8 Å². The van der Waals surface area contributed by atoms with Gasteiger partial charge in [0.15, 0.2) is 17.5 Å². The number of hydrogen-bond acceptors (Lipinski definition) is 3. The number of benzene rings is 8. The number of fused-ring (bicyclic) bond motifs is 2. The summed E-state index contributed by atoms with van der Waals surface area (Å²) in [5, 5.41) is 4.74. The Hall–Kier alpha value is -6.71. The van der Waals surface area contributed by atoms with E-state index in [1.165, 1.54) is 32.8 Å². The minimum absolute atomic E-state index is 0.633. The van der Waals surface area contributed by atoms with Gasteiger partial charge in [-0.2, -0.15) is 0 Å². The van der Waals surface area contributed by atoms with Crippen molar-refractivity contribution in [1.29, 1.82) is 0 Å². The van der Waals surface area contributed by atoms with Crippen LogP contribution >= 0.6 is 0 Å². The van der Waals surface area contributed by atoms with Gasteiger partial charge in [-0.1, -0.05) is 158 Å². The maximum atomic E-state index is 5.18. The Morgan fingerprint density at radius 1 is 0.240 bits per heavy atom. The number of nitrogens with zero attached hydrogens (tertiary/aromatic N) is 3. The van der Waals surface area contributed by atoms with Crippen molar-refractivity contribution in [1.82, 2.24) is 15.0 Å². The summed E-state index contributed by atoms with van der Waals surface area (Å²) in [5.74, 6) is 1.91. The van der Waals surface area contributed by atoms with Crippen LogP contribution in [0.3, 0.4) is 0 Å². The fourth-order valence-electron chi connectivity index (χ4n) is 6.82. The quantitative estimate of drug-likeness (QED) is 0.182. The van der Waals surface area contributed by atoms with Crippen molar-refractivity contribution in [2.24, 2.45) is 0 Å². The lowest BCUT2D eigenvalue weighted by Crippen LogP contribution is -2.00. The summed E-state index contributed by atoms with van der Waals surface area (Å²) in [6.07, 6.45) is 0. The van der Waals surface area contributed by atoms with Gasteiger partial charge in [0.2, 0.25) is 0 Å². The van der Waals surface area contributed by atoms with E-state index in [-0.39, 0.29) is 0 Å². The highest BCUT2D eigenvalue weighted by Gasteiger charge is 2.16. The Balaban J connectivity index is 1.23. The molecule has 9 aromatic rings. The maximum Gasteiger partial charge on any atom is 0.164 e. The van der Waals surface area contributed by atoms with Crippen LogP contribution in [0.25, 0.3) is 89.1 Å². The van der Waals surface area contributed by atoms with Gasteiger partial charge in [0.25, 0.3) is 0 Å². The summed E-state index contributed by atoms with van der Waals surface area (Å²) in [7, 11) is 0. The third-order valence-corrected chi connectivity index (χ3v) is 9.27. The van der Waals surface area contributed by atoms with Crippen molar-refractivity contribution in [2.75, 3.05) is 0 Å². The first-order chi connectivity index (χ1) is 24.8. The molecule has 0 unspecified atom stereocenters. The molecule has 3 heteroatoms. The smallest absolute Gasteiger partial charge is 0.164 e. The molecule has 1 heterocycles. The Kier molecular flexibility index (Phi) is 7.49. The van der Waals surface area contributed by atoms with Gasteiger partial charge >= 0.3 is 0 Å². The standard InChI is InChI=1S/C47H31N3/c1-4-15-32(16-5-1)39-28-35-21-10-13-26-42(35)44(30-39)37-23-14-24-38(27-37)46-48-45(34-19-8-3-9-20-34)49-47(50-46)40-29-36-22-11-12-25-41(36)43(31-40)33-17-6-2-7-18-33/h1-31H. The van der Waals surface area contributed by atoms with Crippen LogP contribution in [0.5, 0.6) is 0 Å². The van der Waals surface area contributed by atoms with Crippen LogP contribution < -0.4 is 0 Å². The van der Waals surface area contributed by atoms with Crippen molar-refractivity contribution in [2.45, 2.75) is 0 Å². The van der Waals surface area contributed by atoms with Gasteiger partial charge in [-0.05, 0) is 85.3 Å². The van der Waals surface area contributed by atoms with E-state index >= 15 is 0 Å². The second-order valence-corrected chi connectivity index (χ2v) is 12.5. The lowest BCUT2D eigenvalue weighted by Gasteiger charge is -2.14. The minimum Gasteiger partial charge on any atom is -0.208 e. The Bertz CT molecular complexity index is 2630. The van der Waals surface area contributed by atoms with Gasteiger partial charge in [0.1, 0.15) is 0 Å². The summed E-state index contributed by atoms with van der Waals surface area (Å²) in [5.41, 5.74) is 9.77. The molecule has 0 amide bonds. The highest BCUT2D eigenvalue weighted by molar-refractivity contribution is 6.01. The molecule has 234 valence electrons. The van der Waals surface area contributed by atoms with Crippen molar-refractivity contribution in [3.8, 4) is 67.5 Å². The monoisotopic (exact) mass is 637 g/mol. The van der Waals surface area contributed by atoms with Gasteiger partial charge in [-0.25, -0.2) is 15.0 Å². The average Bonchev–Trinajstić information content (AvgIpc) is 3.21. The van der Waals surface area contributed by atoms with Crippen molar-refractivity contribution >= 4 is 21.5 Å². The lowest BCUT2D eigenvalue weighted by molar-refractivity contribution is 1.07. The molecule has 0 aliphatic rings. The zero-order chi connectivity index (χ0) is 33.3. The molecule has 0 saturated carbocycles. The molecule has 0 spiro atoms. The minimum atomic E-state index is 0.633. The number of rotatable bonds is 6. The van der Waals surface area contributed by atoms with Gasteiger partial charge in [-0.3, -0.25) is 0 Å². The average molecular weight is 638 g/mol. The first-order valence-corrected chi connectivity index (χ1v) is 16.9. The molecule has 0 atom stereocenters. The normalized spacial score (nSPS) is 11.2. The van der Waals surface area contributed by atoms with Gasteiger partial charge in [0, 0.05) is 16.7 Å². The summed E-state index contributed by atoms with van der Waals surface area (Å²) in [4.78, 5) is 15.3. The number of aromatic nitrogens is 3. The summed E-state index contributed by atoms with van der Waals surface area (Å²) in [6, 6.07) is 65.9. The molecule has 8 aromatic carbocycles. The molecule has 0 bridgehead atoms. The lowest BCUT2D eigenvalue weighted by atomic mass is 9.92. The molecule has 1 aromatic heterocycles. The molecule has 9 rings (SSSR count). The summed E-state index contributed by atoms with van der Waals surface area (Å²) >= 11 is 0. The van der Waals surface area contributed by atoms with E-state index in [4.69, 9.17) is 15.0 Å². The van der Waals surface area contributed by atoms with Gasteiger partial charge < -0.3 is 0 Å². The van der Waals surface area contributed by atoms with Crippen molar-refractivity contribution in [3.05, 3.63) is 188 Å². The molecular weight excluding hydrogens is 607 g/mol. The molecule has 0 aliphatic carbocycles.